The normalized spacial score (nSPS) is 11.7. The van der Waals surface area contributed by atoms with Gasteiger partial charge in [0.15, 0.2) is 0 Å². The summed E-state index contributed by atoms with van der Waals surface area (Å²) in [5.74, 6) is 0. The fraction of sp³-hybridized carbons (Fsp3) is 0.235. The highest BCUT2D eigenvalue weighted by Gasteiger charge is 2.07. The van der Waals surface area contributed by atoms with Crippen LogP contribution < -0.4 is 10.6 Å². The number of halogens is 1. The fourth-order valence-corrected chi connectivity index (χ4v) is 2.25. The van der Waals surface area contributed by atoms with Crippen LogP contribution in [0.5, 0.6) is 0 Å². The van der Waals surface area contributed by atoms with Crippen LogP contribution in [0.4, 0.5) is 10.5 Å². The van der Waals surface area contributed by atoms with Gasteiger partial charge >= 0.3 is 6.03 Å². The SMILES string of the molecule is CC(CCc1ccccc1)NC(=O)Nc1cccc(Cl)c1. The second-order valence-corrected chi connectivity index (χ2v) is 5.47. The Morgan fingerprint density at radius 1 is 1.14 bits per heavy atom. The van der Waals surface area contributed by atoms with E-state index in [-0.39, 0.29) is 12.1 Å². The highest BCUT2D eigenvalue weighted by atomic mass is 35.5. The molecule has 2 rings (SSSR count). The van der Waals surface area contributed by atoms with Crippen LogP contribution >= 0.6 is 11.6 Å². The summed E-state index contributed by atoms with van der Waals surface area (Å²) in [4.78, 5) is 11.9. The van der Waals surface area contributed by atoms with Crippen molar-refractivity contribution in [1.29, 1.82) is 0 Å². The summed E-state index contributed by atoms with van der Waals surface area (Å²) in [6.45, 7) is 2.00. The molecule has 0 fully saturated rings. The van der Waals surface area contributed by atoms with Gasteiger partial charge in [0.25, 0.3) is 0 Å². The molecule has 0 saturated carbocycles. The molecule has 0 aliphatic heterocycles. The predicted molar refractivity (Wildman–Crippen MR) is 87.8 cm³/mol. The van der Waals surface area contributed by atoms with Crippen LogP contribution in [-0.4, -0.2) is 12.1 Å². The summed E-state index contributed by atoms with van der Waals surface area (Å²) in [5, 5.41) is 6.30. The van der Waals surface area contributed by atoms with Crippen molar-refractivity contribution in [3.63, 3.8) is 0 Å². The molecule has 0 bridgehead atoms. The van der Waals surface area contributed by atoms with E-state index in [1.165, 1.54) is 5.56 Å². The summed E-state index contributed by atoms with van der Waals surface area (Å²) in [7, 11) is 0. The van der Waals surface area contributed by atoms with E-state index >= 15 is 0 Å². The molecule has 21 heavy (non-hydrogen) atoms. The molecule has 0 radical (unpaired) electrons. The minimum atomic E-state index is -0.210. The van der Waals surface area contributed by atoms with Gasteiger partial charge in [0, 0.05) is 16.8 Å². The lowest BCUT2D eigenvalue weighted by Crippen LogP contribution is -2.36. The third kappa shape index (κ3) is 5.48. The van der Waals surface area contributed by atoms with Gasteiger partial charge in [-0.15, -0.1) is 0 Å². The Balaban J connectivity index is 1.77. The molecular formula is C17H19ClN2O. The maximum absolute atomic E-state index is 11.9. The average molecular weight is 303 g/mol. The number of anilines is 1. The third-order valence-electron chi connectivity index (χ3n) is 3.17. The zero-order valence-corrected chi connectivity index (χ0v) is 12.7. The lowest BCUT2D eigenvalue weighted by Gasteiger charge is -2.14. The molecule has 0 aliphatic carbocycles. The maximum atomic E-state index is 11.9. The first-order valence-corrected chi connectivity index (χ1v) is 7.38. The van der Waals surface area contributed by atoms with Gasteiger partial charge in [-0.2, -0.15) is 0 Å². The van der Waals surface area contributed by atoms with Crippen molar-refractivity contribution < 1.29 is 4.79 Å². The molecule has 2 aromatic rings. The van der Waals surface area contributed by atoms with Crippen molar-refractivity contribution in [2.45, 2.75) is 25.8 Å². The van der Waals surface area contributed by atoms with Crippen molar-refractivity contribution in [2.75, 3.05) is 5.32 Å². The predicted octanol–water partition coefficient (Wildman–Crippen LogP) is 4.48. The number of amides is 2. The van der Waals surface area contributed by atoms with Gasteiger partial charge in [0.1, 0.15) is 0 Å². The van der Waals surface area contributed by atoms with Crippen LogP contribution in [0.2, 0.25) is 5.02 Å². The number of hydrogen-bond donors (Lipinski definition) is 2. The van der Waals surface area contributed by atoms with E-state index in [1.807, 2.05) is 25.1 Å². The summed E-state index contributed by atoms with van der Waals surface area (Å²) in [6.07, 6.45) is 1.84. The van der Waals surface area contributed by atoms with Crippen molar-refractivity contribution >= 4 is 23.3 Å². The molecule has 0 saturated heterocycles. The minimum absolute atomic E-state index is 0.101. The van der Waals surface area contributed by atoms with Gasteiger partial charge in [0.2, 0.25) is 0 Å². The lowest BCUT2D eigenvalue weighted by molar-refractivity contribution is 0.248. The fourth-order valence-electron chi connectivity index (χ4n) is 2.06. The van der Waals surface area contributed by atoms with Crippen molar-refractivity contribution in [3.8, 4) is 0 Å². The summed E-state index contributed by atoms with van der Waals surface area (Å²) in [6, 6.07) is 17.2. The number of rotatable bonds is 5. The summed E-state index contributed by atoms with van der Waals surface area (Å²) >= 11 is 5.88. The highest BCUT2D eigenvalue weighted by molar-refractivity contribution is 6.30. The molecule has 2 aromatic carbocycles. The van der Waals surface area contributed by atoms with Crippen molar-refractivity contribution in [1.82, 2.24) is 5.32 Å². The van der Waals surface area contributed by atoms with E-state index in [0.29, 0.717) is 10.7 Å². The number of nitrogens with one attached hydrogen (secondary N) is 2. The number of benzene rings is 2. The number of carbonyl (C=O) groups is 1. The molecule has 0 aliphatic rings. The van der Waals surface area contributed by atoms with E-state index in [1.54, 1.807) is 24.3 Å². The first-order valence-electron chi connectivity index (χ1n) is 7.00. The van der Waals surface area contributed by atoms with E-state index in [0.717, 1.165) is 12.8 Å². The Bertz CT molecular complexity index is 586. The topological polar surface area (TPSA) is 41.1 Å². The van der Waals surface area contributed by atoms with Crippen LogP contribution in [-0.2, 0) is 6.42 Å². The molecule has 2 amide bonds. The number of aryl methyl sites for hydroxylation is 1. The zero-order valence-electron chi connectivity index (χ0n) is 12.0. The van der Waals surface area contributed by atoms with Crippen LogP contribution in [0.25, 0.3) is 0 Å². The van der Waals surface area contributed by atoms with E-state index < -0.39 is 0 Å². The molecule has 0 spiro atoms. The van der Waals surface area contributed by atoms with Crippen LogP contribution in [0, 0.1) is 0 Å². The van der Waals surface area contributed by atoms with Gasteiger partial charge in [-0.25, -0.2) is 4.79 Å². The zero-order chi connectivity index (χ0) is 15.1. The van der Waals surface area contributed by atoms with Crippen LogP contribution in [0.15, 0.2) is 54.6 Å². The van der Waals surface area contributed by atoms with Gasteiger partial charge in [-0.1, -0.05) is 48.0 Å². The monoisotopic (exact) mass is 302 g/mol. The molecule has 0 aromatic heterocycles. The van der Waals surface area contributed by atoms with Gasteiger partial charge in [-0.3, -0.25) is 0 Å². The molecule has 2 N–H and O–H groups in total. The van der Waals surface area contributed by atoms with Crippen LogP contribution in [0.1, 0.15) is 18.9 Å². The molecule has 4 heteroatoms. The van der Waals surface area contributed by atoms with E-state index in [9.17, 15) is 4.79 Å². The Kier molecular flexibility index (Phi) is 5.64. The Morgan fingerprint density at radius 2 is 1.90 bits per heavy atom. The summed E-state index contributed by atoms with van der Waals surface area (Å²) in [5.41, 5.74) is 1.97. The molecule has 1 unspecified atom stereocenters. The second-order valence-electron chi connectivity index (χ2n) is 5.03. The van der Waals surface area contributed by atoms with Crippen molar-refractivity contribution in [3.05, 3.63) is 65.2 Å². The first-order chi connectivity index (χ1) is 10.1. The molecule has 1 atom stereocenters. The molecule has 110 valence electrons. The van der Waals surface area contributed by atoms with Gasteiger partial charge in [0.05, 0.1) is 0 Å². The minimum Gasteiger partial charge on any atom is -0.335 e. The standard InChI is InChI=1S/C17H19ClN2O/c1-13(10-11-14-6-3-2-4-7-14)19-17(21)20-16-9-5-8-15(18)12-16/h2-9,12-13H,10-11H2,1H3,(H2,19,20,21). The third-order valence-corrected chi connectivity index (χ3v) is 3.40. The number of carbonyl (C=O) groups excluding carboxylic acids is 1. The van der Waals surface area contributed by atoms with E-state index in [2.05, 4.69) is 22.8 Å². The number of urea groups is 1. The van der Waals surface area contributed by atoms with Gasteiger partial charge in [-0.05, 0) is 43.5 Å². The largest absolute Gasteiger partial charge is 0.335 e. The maximum Gasteiger partial charge on any atom is 0.319 e. The lowest BCUT2D eigenvalue weighted by atomic mass is 10.1. The Labute approximate surface area is 130 Å². The smallest absolute Gasteiger partial charge is 0.319 e. The van der Waals surface area contributed by atoms with Crippen LogP contribution in [0.3, 0.4) is 0 Å². The second kappa shape index (κ2) is 7.70. The summed E-state index contributed by atoms with van der Waals surface area (Å²) < 4.78 is 0. The average Bonchev–Trinajstić information content (AvgIpc) is 2.46. The highest BCUT2D eigenvalue weighted by Crippen LogP contribution is 2.14. The van der Waals surface area contributed by atoms with Crippen molar-refractivity contribution in [2.24, 2.45) is 0 Å². The Morgan fingerprint density at radius 3 is 2.62 bits per heavy atom. The quantitative estimate of drug-likeness (QED) is 0.840. The first kappa shape index (κ1) is 15.4. The number of hydrogen-bond acceptors (Lipinski definition) is 1. The molecule has 3 nitrogen and oxygen atoms in total. The molecular weight excluding hydrogens is 284 g/mol. The Hall–Kier alpha value is -2.00. The van der Waals surface area contributed by atoms with E-state index in [4.69, 9.17) is 11.6 Å². The molecule has 0 heterocycles. The van der Waals surface area contributed by atoms with Gasteiger partial charge < -0.3 is 10.6 Å².